The first-order valence-electron chi connectivity index (χ1n) is 5.72. The third-order valence-electron chi connectivity index (χ3n) is 2.90. The Morgan fingerprint density at radius 3 is 2.88 bits per heavy atom. The summed E-state index contributed by atoms with van der Waals surface area (Å²) >= 11 is 3.42. The van der Waals surface area contributed by atoms with Crippen LogP contribution in [0.4, 0.5) is 0 Å². The molecule has 1 aliphatic carbocycles. The summed E-state index contributed by atoms with van der Waals surface area (Å²) in [5.74, 6) is 0.290. The number of halogens is 1. The van der Waals surface area contributed by atoms with E-state index in [-0.39, 0.29) is 5.78 Å². The molecule has 16 heavy (non-hydrogen) atoms. The standard InChI is InChI=1S/C14H15BrO/c15-13-8-4-5-11(9-13)10-14(16)12-6-2-1-3-7-12/h4-6,8-9H,1-3,7,10H2. The molecule has 1 aliphatic rings. The number of carbonyl (C=O) groups excluding carboxylic acids is 1. The lowest BCUT2D eigenvalue weighted by Gasteiger charge is -2.11. The highest BCUT2D eigenvalue weighted by Gasteiger charge is 2.12. The van der Waals surface area contributed by atoms with Crippen LogP contribution >= 0.6 is 15.9 Å². The highest BCUT2D eigenvalue weighted by atomic mass is 79.9. The quantitative estimate of drug-likeness (QED) is 0.815. The fourth-order valence-electron chi connectivity index (χ4n) is 2.04. The van der Waals surface area contributed by atoms with Crippen molar-refractivity contribution in [3.8, 4) is 0 Å². The van der Waals surface area contributed by atoms with Crippen molar-refractivity contribution < 1.29 is 4.79 Å². The van der Waals surface area contributed by atoms with Gasteiger partial charge in [-0.2, -0.15) is 0 Å². The van der Waals surface area contributed by atoms with Crippen molar-refractivity contribution in [3.05, 3.63) is 46.0 Å². The van der Waals surface area contributed by atoms with E-state index in [4.69, 9.17) is 0 Å². The van der Waals surface area contributed by atoms with Crippen molar-refractivity contribution >= 4 is 21.7 Å². The lowest BCUT2D eigenvalue weighted by Crippen LogP contribution is -2.08. The molecule has 0 saturated heterocycles. The monoisotopic (exact) mass is 278 g/mol. The van der Waals surface area contributed by atoms with Crippen molar-refractivity contribution in [2.24, 2.45) is 0 Å². The maximum absolute atomic E-state index is 12.0. The maximum Gasteiger partial charge on any atom is 0.162 e. The summed E-state index contributed by atoms with van der Waals surface area (Å²) < 4.78 is 1.04. The molecular formula is C14H15BrO. The fraction of sp³-hybridized carbons (Fsp3) is 0.357. The van der Waals surface area contributed by atoms with Crippen LogP contribution in [0.5, 0.6) is 0 Å². The Kier molecular flexibility index (Phi) is 3.94. The molecule has 0 unspecified atom stereocenters. The van der Waals surface area contributed by atoms with Gasteiger partial charge >= 0.3 is 0 Å². The molecule has 0 atom stereocenters. The van der Waals surface area contributed by atoms with Gasteiger partial charge in [0.15, 0.2) is 5.78 Å². The van der Waals surface area contributed by atoms with E-state index in [9.17, 15) is 4.79 Å². The smallest absolute Gasteiger partial charge is 0.162 e. The lowest BCUT2D eigenvalue weighted by atomic mass is 9.93. The van der Waals surface area contributed by atoms with Crippen LogP contribution in [0.25, 0.3) is 0 Å². The summed E-state index contributed by atoms with van der Waals surface area (Å²) in [5.41, 5.74) is 2.12. The average Bonchev–Trinajstić information content (AvgIpc) is 2.30. The fourth-order valence-corrected chi connectivity index (χ4v) is 2.48. The number of hydrogen-bond acceptors (Lipinski definition) is 1. The first-order chi connectivity index (χ1) is 7.75. The van der Waals surface area contributed by atoms with Gasteiger partial charge in [-0.25, -0.2) is 0 Å². The second-order valence-corrected chi connectivity index (χ2v) is 5.12. The predicted molar refractivity (Wildman–Crippen MR) is 69.4 cm³/mol. The van der Waals surface area contributed by atoms with Gasteiger partial charge < -0.3 is 0 Å². The van der Waals surface area contributed by atoms with Gasteiger partial charge in [-0.15, -0.1) is 0 Å². The third kappa shape index (κ3) is 3.05. The second kappa shape index (κ2) is 5.44. The van der Waals surface area contributed by atoms with Crippen LogP contribution < -0.4 is 0 Å². The average molecular weight is 279 g/mol. The molecule has 84 valence electrons. The molecule has 0 aromatic heterocycles. The van der Waals surface area contributed by atoms with Crippen LogP contribution in [0.3, 0.4) is 0 Å². The largest absolute Gasteiger partial charge is 0.294 e. The molecular weight excluding hydrogens is 264 g/mol. The van der Waals surface area contributed by atoms with Crippen molar-refractivity contribution in [3.63, 3.8) is 0 Å². The zero-order chi connectivity index (χ0) is 11.4. The van der Waals surface area contributed by atoms with E-state index in [1.807, 2.05) is 24.3 Å². The van der Waals surface area contributed by atoms with Crippen LogP contribution in [-0.4, -0.2) is 5.78 Å². The van der Waals surface area contributed by atoms with Crippen molar-refractivity contribution in [1.82, 2.24) is 0 Å². The lowest BCUT2D eigenvalue weighted by molar-refractivity contribution is -0.115. The van der Waals surface area contributed by atoms with Crippen LogP contribution in [0, 0.1) is 0 Å². The molecule has 2 rings (SSSR count). The first-order valence-corrected chi connectivity index (χ1v) is 6.52. The molecule has 0 bridgehead atoms. The van der Waals surface area contributed by atoms with Gasteiger partial charge in [0.05, 0.1) is 0 Å². The number of ketones is 1. The van der Waals surface area contributed by atoms with E-state index >= 15 is 0 Å². The Hall–Kier alpha value is -0.890. The number of allylic oxidation sites excluding steroid dienone is 2. The number of carbonyl (C=O) groups is 1. The Bertz CT molecular complexity index is 420. The SMILES string of the molecule is O=C(Cc1cccc(Br)c1)C1=CCCCC1. The highest BCUT2D eigenvalue weighted by Crippen LogP contribution is 2.20. The first kappa shape index (κ1) is 11.6. The van der Waals surface area contributed by atoms with E-state index in [0.717, 1.165) is 34.9 Å². The molecule has 1 aromatic rings. The van der Waals surface area contributed by atoms with Crippen LogP contribution in [0.15, 0.2) is 40.4 Å². The summed E-state index contributed by atoms with van der Waals surface area (Å²) in [6.45, 7) is 0. The van der Waals surface area contributed by atoms with Crippen LogP contribution in [0.1, 0.15) is 31.2 Å². The molecule has 0 spiro atoms. The maximum atomic E-state index is 12.0. The Labute approximate surface area is 105 Å². The van der Waals surface area contributed by atoms with Crippen LogP contribution in [-0.2, 0) is 11.2 Å². The number of benzene rings is 1. The molecule has 1 aromatic carbocycles. The Morgan fingerprint density at radius 1 is 1.31 bits per heavy atom. The topological polar surface area (TPSA) is 17.1 Å². The highest BCUT2D eigenvalue weighted by molar-refractivity contribution is 9.10. The van der Waals surface area contributed by atoms with Gasteiger partial charge in [0.1, 0.15) is 0 Å². The van der Waals surface area contributed by atoms with Gasteiger partial charge in [0.25, 0.3) is 0 Å². The molecule has 0 saturated carbocycles. The minimum Gasteiger partial charge on any atom is -0.294 e. The molecule has 0 heterocycles. The molecule has 0 N–H and O–H groups in total. The Morgan fingerprint density at radius 2 is 2.19 bits per heavy atom. The zero-order valence-electron chi connectivity index (χ0n) is 9.21. The van der Waals surface area contributed by atoms with Gasteiger partial charge in [-0.3, -0.25) is 4.79 Å². The van der Waals surface area contributed by atoms with E-state index in [1.165, 1.54) is 6.42 Å². The summed E-state index contributed by atoms with van der Waals surface area (Å²) in [6, 6.07) is 7.98. The molecule has 0 aliphatic heterocycles. The second-order valence-electron chi connectivity index (χ2n) is 4.21. The van der Waals surface area contributed by atoms with Crippen molar-refractivity contribution in [2.75, 3.05) is 0 Å². The normalized spacial score (nSPS) is 15.7. The third-order valence-corrected chi connectivity index (χ3v) is 3.40. The number of hydrogen-bond donors (Lipinski definition) is 0. The van der Waals surface area contributed by atoms with Gasteiger partial charge in [0, 0.05) is 10.9 Å². The van der Waals surface area contributed by atoms with E-state index in [0.29, 0.717) is 6.42 Å². The predicted octanol–water partition coefficient (Wildman–Crippen LogP) is 4.06. The molecule has 2 heteroatoms. The van der Waals surface area contributed by atoms with Gasteiger partial charge in [-0.05, 0) is 49.0 Å². The molecule has 1 nitrogen and oxygen atoms in total. The van der Waals surface area contributed by atoms with Gasteiger partial charge in [-0.1, -0.05) is 34.1 Å². The van der Waals surface area contributed by atoms with Crippen molar-refractivity contribution in [1.29, 1.82) is 0 Å². The minimum atomic E-state index is 0.290. The summed E-state index contributed by atoms with van der Waals surface area (Å²) in [7, 11) is 0. The Balaban J connectivity index is 2.04. The molecule has 0 amide bonds. The van der Waals surface area contributed by atoms with Crippen molar-refractivity contribution in [2.45, 2.75) is 32.1 Å². The number of Topliss-reactive ketones (excluding diaryl/α,β-unsaturated/α-hetero) is 1. The molecule has 0 radical (unpaired) electrons. The minimum absolute atomic E-state index is 0.290. The summed E-state index contributed by atoms with van der Waals surface area (Å²) in [4.78, 5) is 12.0. The summed E-state index contributed by atoms with van der Waals surface area (Å²) in [6.07, 6.45) is 7.07. The van der Waals surface area contributed by atoms with E-state index in [2.05, 4.69) is 22.0 Å². The van der Waals surface area contributed by atoms with Gasteiger partial charge in [0.2, 0.25) is 0 Å². The molecule has 0 fully saturated rings. The van der Waals surface area contributed by atoms with E-state index < -0.39 is 0 Å². The van der Waals surface area contributed by atoms with E-state index in [1.54, 1.807) is 0 Å². The summed E-state index contributed by atoms with van der Waals surface area (Å²) in [5, 5.41) is 0. The number of rotatable bonds is 3. The zero-order valence-corrected chi connectivity index (χ0v) is 10.8. The van der Waals surface area contributed by atoms with Crippen LogP contribution in [0.2, 0.25) is 0 Å².